The van der Waals surface area contributed by atoms with Crippen molar-refractivity contribution in [2.24, 2.45) is 34.2 Å². The molecule has 1 fully saturated rings. The molecule has 13 N–H and O–H groups in total. The quantitative estimate of drug-likeness (QED) is 0.0381. The minimum atomic E-state index is -1.96. The monoisotopic (exact) mass is 1040 g/mol. The highest BCUT2D eigenvalue weighted by molar-refractivity contribution is 6.00. The van der Waals surface area contributed by atoms with Gasteiger partial charge in [-0.05, 0) is 62.8 Å². The average molecular weight is 1050 g/mol. The largest absolute Gasteiger partial charge is 0.508 e. The standard InChI is InChI=1S/C52H72N10O13/c1-28(25-29(2)41(75-8)27-34-13-10-9-11-14-34)16-21-37-30(3)44(65)59-39(50(71)72)22-23-42(64)62(7)33(6)47(68)56-32(5)46(67)60-40(26-35-17-19-36(63)20-18-35)49(70)61-43(51(73)74)31(4)45(66)58-38(48(69)57-37)15-12-24-55-52(53)54/h9-11,13-14,16-21,25,29-32,37-41,43,63H,6,12,15,22-24,26-27H2,1-5,7-8H3,(H,56,68)(H,57,69)(H,58,66)(H,59,65)(H,60,67)(H,61,70)(H,71,72)(H,73,74)(H4,53,54,55)/t29-,30-,31-,32-,37-,38-,39+,40-,41-,43+/m0/s1. The molecule has 0 bridgehead atoms. The number of aromatic hydroxyl groups is 1. The molecule has 0 spiro atoms. The number of carbonyl (C=O) groups excluding carboxylic acids is 7. The van der Waals surface area contributed by atoms with E-state index in [9.17, 15) is 58.5 Å². The number of hydrogen-bond donors (Lipinski definition) is 11. The van der Waals surface area contributed by atoms with Crippen LogP contribution in [0, 0.1) is 17.8 Å². The average Bonchev–Trinajstić information content (AvgIpc) is 3.36. The summed E-state index contributed by atoms with van der Waals surface area (Å²) in [7, 11) is 2.80. The Hall–Kier alpha value is -8.08. The van der Waals surface area contributed by atoms with Crippen LogP contribution in [0.1, 0.15) is 71.4 Å². The van der Waals surface area contributed by atoms with E-state index in [1.54, 1.807) is 20.1 Å². The molecule has 0 saturated carbocycles. The molecule has 1 aliphatic rings. The molecular formula is C52H72N10O13. The van der Waals surface area contributed by atoms with E-state index in [0.29, 0.717) is 17.6 Å². The molecule has 7 amide bonds. The minimum absolute atomic E-state index is 0.00181. The summed E-state index contributed by atoms with van der Waals surface area (Å²) in [6.07, 6.45) is 4.20. The smallest absolute Gasteiger partial charge is 0.327 e. The molecular weight excluding hydrogens is 973 g/mol. The second-order valence-corrected chi connectivity index (χ2v) is 18.5. The first-order valence-electron chi connectivity index (χ1n) is 24.3. The summed E-state index contributed by atoms with van der Waals surface area (Å²) in [6.45, 7) is 11.3. The van der Waals surface area contributed by atoms with Crippen molar-refractivity contribution in [3.63, 3.8) is 0 Å². The number of hydrogen-bond acceptors (Lipinski definition) is 12. The molecule has 3 rings (SSSR count). The van der Waals surface area contributed by atoms with Gasteiger partial charge in [0.05, 0.1) is 24.0 Å². The fourth-order valence-electron chi connectivity index (χ4n) is 7.83. The number of benzene rings is 2. The van der Waals surface area contributed by atoms with Gasteiger partial charge in [-0.2, -0.15) is 0 Å². The number of carboxylic acid groups (broad SMARTS) is 2. The number of nitrogens with one attached hydrogen (secondary N) is 6. The van der Waals surface area contributed by atoms with Gasteiger partial charge in [-0.3, -0.25) is 38.6 Å². The summed E-state index contributed by atoms with van der Waals surface area (Å²) in [5, 5.41) is 45.4. The number of methoxy groups -OCH3 is 1. The molecule has 0 unspecified atom stereocenters. The number of allylic oxidation sites excluding steroid dienone is 2. The van der Waals surface area contributed by atoms with Crippen LogP contribution in [0.4, 0.5) is 0 Å². The Morgan fingerprint density at radius 3 is 2.03 bits per heavy atom. The zero-order valence-electron chi connectivity index (χ0n) is 43.3. The Bertz CT molecular complexity index is 2460. The Kier molecular flexibility index (Phi) is 24.1. The Balaban J connectivity index is 2.14. The van der Waals surface area contributed by atoms with Gasteiger partial charge < -0.3 is 68.3 Å². The molecule has 23 heteroatoms. The van der Waals surface area contributed by atoms with Crippen molar-refractivity contribution in [1.82, 2.24) is 36.8 Å². The van der Waals surface area contributed by atoms with Crippen LogP contribution in [-0.2, 0) is 60.7 Å². The van der Waals surface area contributed by atoms with Gasteiger partial charge >= 0.3 is 11.9 Å². The molecule has 0 radical (unpaired) electrons. The van der Waals surface area contributed by atoms with Crippen molar-refractivity contribution in [1.29, 1.82) is 0 Å². The van der Waals surface area contributed by atoms with Crippen LogP contribution in [0.25, 0.3) is 0 Å². The van der Waals surface area contributed by atoms with E-state index >= 15 is 0 Å². The van der Waals surface area contributed by atoms with Crippen LogP contribution < -0.4 is 43.4 Å². The van der Waals surface area contributed by atoms with Crippen molar-refractivity contribution >= 4 is 59.2 Å². The van der Waals surface area contributed by atoms with Crippen LogP contribution in [-0.4, -0.2) is 143 Å². The van der Waals surface area contributed by atoms with Crippen molar-refractivity contribution in [2.45, 2.75) is 115 Å². The third-order valence-electron chi connectivity index (χ3n) is 12.6. The van der Waals surface area contributed by atoms with Gasteiger partial charge in [0.15, 0.2) is 5.96 Å². The fourth-order valence-corrected chi connectivity index (χ4v) is 7.83. The lowest BCUT2D eigenvalue weighted by Crippen LogP contribution is -2.59. The van der Waals surface area contributed by atoms with Crippen LogP contribution in [0.3, 0.4) is 0 Å². The summed E-state index contributed by atoms with van der Waals surface area (Å²) in [6, 6.07) is 6.06. The second-order valence-electron chi connectivity index (χ2n) is 18.5. The molecule has 75 heavy (non-hydrogen) atoms. The maximum Gasteiger partial charge on any atom is 0.327 e. The van der Waals surface area contributed by atoms with Crippen LogP contribution in [0.2, 0.25) is 0 Å². The number of aliphatic carboxylic acids is 2. The van der Waals surface area contributed by atoms with Gasteiger partial charge in [0.2, 0.25) is 35.4 Å². The van der Waals surface area contributed by atoms with E-state index in [4.69, 9.17) is 16.2 Å². The van der Waals surface area contributed by atoms with Crippen LogP contribution in [0.5, 0.6) is 5.75 Å². The van der Waals surface area contributed by atoms with E-state index in [0.717, 1.165) is 10.5 Å². The van der Waals surface area contributed by atoms with Gasteiger partial charge in [-0.1, -0.05) is 93.6 Å². The van der Waals surface area contributed by atoms with Gasteiger partial charge in [-0.25, -0.2) is 9.59 Å². The molecule has 1 heterocycles. The molecule has 0 aliphatic carbocycles. The van der Waals surface area contributed by atoms with Gasteiger partial charge in [0.1, 0.15) is 41.7 Å². The number of ether oxygens (including phenoxy) is 1. The van der Waals surface area contributed by atoms with Crippen LogP contribution >= 0.6 is 0 Å². The predicted molar refractivity (Wildman–Crippen MR) is 277 cm³/mol. The lowest BCUT2D eigenvalue weighted by atomic mass is 9.94. The van der Waals surface area contributed by atoms with Crippen molar-refractivity contribution < 1.29 is 63.2 Å². The number of phenols is 1. The SMILES string of the molecule is C=C1C(=O)N[C@@H](C)C(=O)N[C@@H](Cc2ccc(O)cc2)C(=O)N[C@@H](C(=O)O)[C@H](C)C(=O)N[C@@H](CCCN=C(N)N)C(=O)N[C@@H](C=CC(C)=C[C@H](C)[C@H](Cc2ccccc2)OC)[C@H](C)C(=O)N[C@@H](C(=O)O)CCC(=O)N1C. The lowest BCUT2D eigenvalue weighted by molar-refractivity contribution is -0.146. The van der Waals surface area contributed by atoms with E-state index in [-0.39, 0.29) is 49.5 Å². The van der Waals surface area contributed by atoms with E-state index < -0.39 is 120 Å². The number of carbonyl (C=O) groups is 9. The topological polar surface area (TPSA) is 363 Å². The van der Waals surface area contributed by atoms with Crippen LogP contribution in [0.15, 0.2) is 95.7 Å². The summed E-state index contributed by atoms with van der Waals surface area (Å²) in [5.74, 6) is -13.0. The normalized spacial score (nSPS) is 24.5. The number of rotatable bonds is 15. The van der Waals surface area contributed by atoms with Gasteiger partial charge in [0.25, 0.3) is 5.91 Å². The molecule has 10 atom stereocenters. The summed E-state index contributed by atoms with van der Waals surface area (Å²) in [4.78, 5) is 127. The molecule has 0 aromatic heterocycles. The second kappa shape index (κ2) is 29.6. The van der Waals surface area contributed by atoms with E-state index in [2.05, 4.69) is 43.5 Å². The van der Waals surface area contributed by atoms with Gasteiger partial charge in [-0.15, -0.1) is 0 Å². The highest BCUT2D eigenvalue weighted by Crippen LogP contribution is 2.19. The zero-order valence-corrected chi connectivity index (χ0v) is 43.3. The molecule has 2 aromatic carbocycles. The number of nitrogens with two attached hydrogens (primary N) is 2. The first-order valence-corrected chi connectivity index (χ1v) is 24.3. The van der Waals surface area contributed by atoms with E-state index in [1.165, 1.54) is 58.2 Å². The zero-order chi connectivity index (χ0) is 56.1. The third-order valence-corrected chi connectivity index (χ3v) is 12.6. The lowest BCUT2D eigenvalue weighted by Gasteiger charge is -2.28. The predicted octanol–water partition coefficient (Wildman–Crippen LogP) is 0.521. The maximum atomic E-state index is 14.4. The Morgan fingerprint density at radius 1 is 0.813 bits per heavy atom. The number of phenolic OH excluding ortho intramolecular Hbond substituents is 1. The highest BCUT2D eigenvalue weighted by Gasteiger charge is 2.37. The fraction of sp³-hybridized carbons (Fsp3) is 0.462. The first-order chi connectivity index (χ1) is 35.3. The maximum absolute atomic E-state index is 14.4. The van der Waals surface area contributed by atoms with Crippen molar-refractivity contribution in [3.8, 4) is 5.75 Å². The minimum Gasteiger partial charge on any atom is -0.508 e. The number of amides is 7. The van der Waals surface area contributed by atoms with Gasteiger partial charge in [0, 0.05) is 39.5 Å². The summed E-state index contributed by atoms with van der Waals surface area (Å²) >= 11 is 0. The Morgan fingerprint density at radius 2 is 1.43 bits per heavy atom. The first kappa shape index (κ1) is 61.2. The van der Waals surface area contributed by atoms with Crippen molar-refractivity contribution in [3.05, 3.63) is 102 Å². The third kappa shape index (κ3) is 19.7. The number of likely N-dealkylation sites (N-methyl/N-ethyl adjacent to an activating group) is 1. The molecule has 1 aliphatic heterocycles. The number of aliphatic imine (C=N–C) groups is 1. The highest BCUT2D eigenvalue weighted by atomic mass is 16.5. The molecule has 23 nitrogen and oxygen atoms in total. The molecule has 2 aromatic rings. The van der Waals surface area contributed by atoms with E-state index in [1.807, 2.05) is 43.3 Å². The molecule has 408 valence electrons. The summed E-state index contributed by atoms with van der Waals surface area (Å²) < 4.78 is 5.82. The number of nitrogens with zero attached hydrogens (tertiary/aromatic N) is 2. The number of carboxylic acids is 2. The molecule has 1 saturated heterocycles. The van der Waals surface area contributed by atoms with Crippen molar-refractivity contribution in [2.75, 3.05) is 20.7 Å². The summed E-state index contributed by atoms with van der Waals surface area (Å²) in [5.41, 5.74) is 12.7. The number of guanidine groups is 1. The Labute approximate surface area is 436 Å².